The first-order valence-corrected chi connectivity index (χ1v) is 12.4. The summed E-state index contributed by atoms with van der Waals surface area (Å²) in [5.74, 6) is -11.0. The fourth-order valence-corrected chi connectivity index (χ4v) is 5.14. The van der Waals surface area contributed by atoms with Crippen LogP contribution in [-0.4, -0.2) is 62.9 Å². The van der Waals surface area contributed by atoms with E-state index in [-0.39, 0.29) is 30.4 Å². The Kier molecular flexibility index (Phi) is 9.23. The average Bonchev–Trinajstić information content (AvgIpc) is 3.01. The second kappa shape index (κ2) is 12.2. The van der Waals surface area contributed by atoms with E-state index in [1.54, 1.807) is 36.4 Å². The number of carboxylic acid groups (broad SMARTS) is 2. The van der Waals surface area contributed by atoms with Crippen LogP contribution >= 0.6 is 0 Å². The quantitative estimate of drug-likeness (QED) is 0.196. The number of carbonyl (C=O) groups excluding carboxylic acids is 4. The molecule has 0 saturated heterocycles. The van der Waals surface area contributed by atoms with Gasteiger partial charge in [-0.15, -0.1) is 0 Å². The number of aliphatic carboxylic acids is 2. The lowest BCUT2D eigenvalue weighted by molar-refractivity contribution is -0.147. The van der Waals surface area contributed by atoms with Crippen LogP contribution in [-0.2, 0) is 28.8 Å². The van der Waals surface area contributed by atoms with Gasteiger partial charge in [0.1, 0.15) is 29.2 Å². The fraction of sp³-hybridized carbons (Fsp3) is 0.357. The highest BCUT2D eigenvalue weighted by Gasteiger charge is 2.56. The highest BCUT2D eigenvalue weighted by atomic mass is 16.4. The van der Waals surface area contributed by atoms with Crippen molar-refractivity contribution >= 4 is 35.1 Å². The molecule has 1 aliphatic carbocycles. The zero-order valence-electron chi connectivity index (χ0n) is 21.1. The van der Waals surface area contributed by atoms with Gasteiger partial charge in [-0.2, -0.15) is 0 Å². The second-order valence-corrected chi connectivity index (χ2v) is 9.70. The van der Waals surface area contributed by atoms with Gasteiger partial charge in [0.15, 0.2) is 11.6 Å². The molecule has 6 atom stereocenters. The van der Waals surface area contributed by atoms with Crippen molar-refractivity contribution in [3.63, 3.8) is 0 Å². The van der Waals surface area contributed by atoms with E-state index in [2.05, 4.69) is 0 Å². The van der Waals surface area contributed by atoms with Crippen LogP contribution in [0.4, 0.5) is 0 Å². The largest absolute Gasteiger partial charge is 0.480 e. The van der Waals surface area contributed by atoms with Crippen LogP contribution < -0.4 is 17.2 Å². The smallest absolute Gasteiger partial charge is 0.321 e. The maximum absolute atomic E-state index is 14.1. The van der Waals surface area contributed by atoms with Crippen LogP contribution in [0, 0.1) is 5.92 Å². The van der Waals surface area contributed by atoms with Crippen molar-refractivity contribution < 1.29 is 39.0 Å². The molecule has 8 N–H and O–H groups in total. The molecule has 0 amide bonds. The summed E-state index contributed by atoms with van der Waals surface area (Å²) >= 11 is 0. The van der Waals surface area contributed by atoms with Crippen LogP contribution in [0.2, 0.25) is 0 Å². The summed E-state index contributed by atoms with van der Waals surface area (Å²) in [7, 11) is 0. The predicted octanol–water partition coefficient (Wildman–Crippen LogP) is 0.542. The third kappa shape index (κ3) is 6.00. The Morgan fingerprint density at radius 3 is 1.74 bits per heavy atom. The van der Waals surface area contributed by atoms with E-state index in [9.17, 15) is 39.0 Å². The first-order valence-electron chi connectivity index (χ1n) is 12.4. The Morgan fingerprint density at radius 1 is 0.795 bits per heavy atom. The average molecular weight is 538 g/mol. The summed E-state index contributed by atoms with van der Waals surface area (Å²) in [6.45, 7) is 0. The number of Topliss-reactive ketones (excluding diaryl/α,β-unsaturated/α-hetero) is 4. The van der Waals surface area contributed by atoms with Gasteiger partial charge >= 0.3 is 11.9 Å². The number of hydrogen-bond acceptors (Lipinski definition) is 9. The van der Waals surface area contributed by atoms with Crippen LogP contribution in [0.3, 0.4) is 0 Å². The number of ketones is 4. The molecule has 0 spiro atoms. The number of hydrogen-bond donors (Lipinski definition) is 5. The highest BCUT2D eigenvalue weighted by Crippen LogP contribution is 2.37. The van der Waals surface area contributed by atoms with Gasteiger partial charge in [-0.05, 0) is 17.5 Å². The maximum Gasteiger partial charge on any atom is 0.321 e. The molecular formula is C28H31N3O8. The minimum absolute atomic E-state index is 0.0757. The molecule has 1 saturated carbocycles. The summed E-state index contributed by atoms with van der Waals surface area (Å²) < 4.78 is 0. The summed E-state index contributed by atoms with van der Waals surface area (Å²) in [4.78, 5) is 78.0. The molecule has 0 aliphatic heterocycles. The van der Waals surface area contributed by atoms with Crippen LogP contribution in [0.1, 0.15) is 48.6 Å². The van der Waals surface area contributed by atoms with Crippen molar-refractivity contribution in [2.45, 2.75) is 55.1 Å². The molecule has 2 aromatic rings. The molecule has 1 aliphatic rings. The minimum Gasteiger partial charge on any atom is -0.480 e. The normalized spacial score (nSPS) is 22.7. The van der Waals surface area contributed by atoms with Gasteiger partial charge in [0.2, 0.25) is 0 Å². The number of nitrogens with two attached hydrogens (primary N) is 3. The van der Waals surface area contributed by atoms with Crippen molar-refractivity contribution in [3.8, 4) is 0 Å². The predicted molar refractivity (Wildman–Crippen MR) is 138 cm³/mol. The fourth-order valence-electron chi connectivity index (χ4n) is 5.14. The Balaban J connectivity index is 2.11. The van der Waals surface area contributed by atoms with Crippen LogP contribution in [0.5, 0.6) is 0 Å². The van der Waals surface area contributed by atoms with E-state index >= 15 is 0 Å². The minimum atomic E-state index is -2.58. The summed E-state index contributed by atoms with van der Waals surface area (Å²) in [6.07, 6.45) is -1.08. The van der Waals surface area contributed by atoms with Gasteiger partial charge in [0.05, 0.1) is 17.8 Å². The van der Waals surface area contributed by atoms with Crippen LogP contribution in [0.25, 0.3) is 0 Å². The van der Waals surface area contributed by atoms with E-state index in [1.807, 2.05) is 0 Å². The van der Waals surface area contributed by atoms with Crippen molar-refractivity contribution in [1.29, 1.82) is 0 Å². The first kappa shape index (κ1) is 29.5. The van der Waals surface area contributed by atoms with Gasteiger partial charge in [-0.3, -0.25) is 28.8 Å². The van der Waals surface area contributed by atoms with E-state index in [1.165, 1.54) is 24.3 Å². The lowest BCUT2D eigenvalue weighted by atomic mass is 9.67. The first-order chi connectivity index (χ1) is 18.4. The summed E-state index contributed by atoms with van der Waals surface area (Å²) in [6, 6.07) is 12.0. The molecule has 1 fully saturated rings. The van der Waals surface area contributed by atoms with Gasteiger partial charge < -0.3 is 27.4 Å². The molecule has 2 aromatic carbocycles. The molecule has 39 heavy (non-hydrogen) atoms. The molecule has 11 nitrogen and oxygen atoms in total. The Hall–Kier alpha value is -4.06. The number of carboxylic acids is 2. The SMILES string of the molecule is NC(C(=O)O)C(C(=O)CC1C(=O)CCCC(=O)C1(N)C(=O)C(c1ccccc1)C(N)C(=O)O)c1ccccc1. The summed E-state index contributed by atoms with van der Waals surface area (Å²) in [5, 5.41) is 19.2. The van der Waals surface area contributed by atoms with Crippen molar-refractivity contribution in [2.24, 2.45) is 23.1 Å². The number of benzene rings is 2. The van der Waals surface area contributed by atoms with Crippen molar-refractivity contribution in [3.05, 3.63) is 71.8 Å². The molecule has 3 rings (SSSR count). The Morgan fingerprint density at radius 2 is 1.26 bits per heavy atom. The Labute approximate surface area is 224 Å². The molecule has 0 bridgehead atoms. The topological polar surface area (TPSA) is 221 Å². The monoisotopic (exact) mass is 537 g/mol. The maximum atomic E-state index is 14.1. The van der Waals surface area contributed by atoms with Gasteiger partial charge in [-0.1, -0.05) is 60.7 Å². The molecular weight excluding hydrogens is 506 g/mol. The van der Waals surface area contributed by atoms with E-state index < -0.39 is 76.9 Å². The lowest BCUT2D eigenvalue weighted by Gasteiger charge is -2.36. The zero-order valence-corrected chi connectivity index (χ0v) is 21.1. The van der Waals surface area contributed by atoms with Gasteiger partial charge in [-0.25, -0.2) is 0 Å². The Bertz CT molecular complexity index is 1270. The highest BCUT2D eigenvalue weighted by molar-refractivity contribution is 6.19. The molecule has 11 heteroatoms. The molecule has 0 aromatic heterocycles. The van der Waals surface area contributed by atoms with Gasteiger partial charge in [0.25, 0.3) is 0 Å². The van der Waals surface area contributed by atoms with E-state index in [4.69, 9.17) is 17.2 Å². The van der Waals surface area contributed by atoms with Gasteiger partial charge in [0, 0.05) is 19.3 Å². The lowest BCUT2D eigenvalue weighted by Crippen LogP contribution is -2.65. The molecule has 0 radical (unpaired) electrons. The molecule has 206 valence electrons. The second-order valence-electron chi connectivity index (χ2n) is 9.70. The number of carbonyl (C=O) groups is 6. The molecule has 6 unspecified atom stereocenters. The van der Waals surface area contributed by atoms with Crippen molar-refractivity contribution in [2.75, 3.05) is 0 Å². The third-order valence-electron chi connectivity index (χ3n) is 7.28. The zero-order chi connectivity index (χ0) is 28.9. The number of rotatable bonds is 11. The van der Waals surface area contributed by atoms with E-state index in [0.717, 1.165) is 0 Å². The summed E-state index contributed by atoms with van der Waals surface area (Å²) in [5.41, 5.74) is 16.1. The third-order valence-corrected chi connectivity index (χ3v) is 7.28. The van der Waals surface area contributed by atoms with Crippen molar-refractivity contribution in [1.82, 2.24) is 0 Å². The molecule has 0 heterocycles. The standard InChI is InChI=1S/C28H31N3O8/c29-23(26(36)37)21(15-8-3-1-4-9-15)19(33)14-17-18(32)12-7-13-20(34)28(17,31)25(35)22(24(30)27(38)39)16-10-5-2-6-11-16/h1-6,8-11,17,21-24H,7,12-14,29-31H2,(H,36,37)(H,38,39). The van der Waals surface area contributed by atoms with Crippen LogP contribution in [0.15, 0.2) is 60.7 Å². The van der Waals surface area contributed by atoms with E-state index in [0.29, 0.717) is 0 Å².